The summed E-state index contributed by atoms with van der Waals surface area (Å²) in [5.74, 6) is 2.64. The van der Waals surface area contributed by atoms with Crippen molar-refractivity contribution in [1.82, 2.24) is 4.90 Å². The number of piperazine rings is 1. The summed E-state index contributed by atoms with van der Waals surface area (Å²) in [4.78, 5) is 18.6. The van der Waals surface area contributed by atoms with Crippen LogP contribution in [0.2, 0.25) is 0 Å². The monoisotopic (exact) mass is 426 g/mol. The smallest absolute Gasteiger partial charge is 0.277 e. The highest BCUT2D eigenvalue weighted by Gasteiger charge is 2.28. The lowest BCUT2D eigenvalue weighted by molar-refractivity contribution is -0.908. The van der Waals surface area contributed by atoms with Crippen molar-refractivity contribution in [3.8, 4) is 17.2 Å². The second kappa shape index (κ2) is 9.47. The summed E-state index contributed by atoms with van der Waals surface area (Å²) in [6.45, 7) is 5.44. The second-order valence-electron chi connectivity index (χ2n) is 8.12. The third kappa shape index (κ3) is 4.56. The van der Waals surface area contributed by atoms with Gasteiger partial charge in [-0.1, -0.05) is 12.1 Å². The number of anilines is 1. The molecular weight excluding hydrogens is 394 g/mol. The van der Waals surface area contributed by atoms with Crippen molar-refractivity contribution in [2.45, 2.75) is 13.0 Å². The van der Waals surface area contributed by atoms with Gasteiger partial charge in [-0.2, -0.15) is 0 Å². The van der Waals surface area contributed by atoms with Crippen molar-refractivity contribution in [3.05, 3.63) is 47.5 Å². The minimum Gasteiger partial charge on any atom is -0.495 e. The number of nitrogens with one attached hydrogen (secondary N) is 1. The Hall–Kier alpha value is -2.93. The van der Waals surface area contributed by atoms with Crippen LogP contribution in [-0.2, 0) is 17.8 Å². The van der Waals surface area contributed by atoms with E-state index in [-0.39, 0.29) is 5.91 Å². The number of fused-ring (bicyclic) bond motifs is 1. The molecule has 1 fully saturated rings. The second-order valence-corrected chi connectivity index (χ2v) is 8.12. The summed E-state index contributed by atoms with van der Waals surface area (Å²) in [5.41, 5.74) is 3.63. The molecule has 1 N–H and O–H groups in total. The average molecular weight is 427 g/mol. The van der Waals surface area contributed by atoms with E-state index in [4.69, 9.17) is 14.2 Å². The van der Waals surface area contributed by atoms with Crippen LogP contribution in [0.15, 0.2) is 36.4 Å². The molecule has 7 heteroatoms. The molecule has 7 nitrogen and oxygen atoms in total. The van der Waals surface area contributed by atoms with Gasteiger partial charge in [-0.25, -0.2) is 0 Å². The van der Waals surface area contributed by atoms with Crippen LogP contribution in [0.25, 0.3) is 0 Å². The predicted octanol–water partition coefficient (Wildman–Crippen LogP) is 1.00. The first-order chi connectivity index (χ1) is 15.1. The van der Waals surface area contributed by atoms with Crippen LogP contribution in [-0.4, -0.2) is 71.4 Å². The van der Waals surface area contributed by atoms with Crippen LogP contribution in [0, 0.1) is 0 Å². The summed E-state index contributed by atoms with van der Waals surface area (Å²) < 4.78 is 16.4. The molecule has 2 aromatic rings. The van der Waals surface area contributed by atoms with Gasteiger partial charge in [0.25, 0.3) is 5.91 Å². The predicted molar refractivity (Wildman–Crippen MR) is 119 cm³/mol. The Kier molecular flexibility index (Phi) is 6.51. The van der Waals surface area contributed by atoms with Gasteiger partial charge in [0.05, 0.1) is 33.6 Å². The van der Waals surface area contributed by atoms with E-state index in [2.05, 4.69) is 23.1 Å². The van der Waals surface area contributed by atoms with Crippen LogP contribution in [0.1, 0.15) is 11.1 Å². The molecule has 2 aromatic carbocycles. The van der Waals surface area contributed by atoms with Crippen molar-refractivity contribution in [3.63, 3.8) is 0 Å². The molecule has 0 radical (unpaired) electrons. The molecule has 0 bridgehead atoms. The minimum absolute atomic E-state index is 0.235. The first-order valence-electron chi connectivity index (χ1n) is 10.9. The van der Waals surface area contributed by atoms with E-state index in [0.29, 0.717) is 6.54 Å². The summed E-state index contributed by atoms with van der Waals surface area (Å²) in [6.07, 6.45) is 0.944. The van der Waals surface area contributed by atoms with Gasteiger partial charge in [0.2, 0.25) is 0 Å². The quantitative estimate of drug-likeness (QED) is 0.747. The van der Waals surface area contributed by atoms with E-state index in [9.17, 15) is 4.79 Å². The number of ether oxygens (including phenoxy) is 3. The van der Waals surface area contributed by atoms with E-state index < -0.39 is 0 Å². The molecule has 4 rings (SSSR count). The average Bonchev–Trinajstić information content (AvgIpc) is 2.83. The van der Waals surface area contributed by atoms with Gasteiger partial charge in [-0.05, 0) is 29.8 Å². The molecule has 2 heterocycles. The molecule has 166 valence electrons. The number of nitrogens with zero attached hydrogens (tertiary/aromatic N) is 2. The molecular formula is C24H32N3O4+. The number of methoxy groups -OCH3 is 3. The Labute approximate surface area is 184 Å². The summed E-state index contributed by atoms with van der Waals surface area (Å²) >= 11 is 0. The number of rotatable bonds is 6. The highest BCUT2D eigenvalue weighted by Crippen LogP contribution is 2.31. The molecule has 0 saturated carbocycles. The Bertz CT molecular complexity index is 925. The van der Waals surface area contributed by atoms with Crippen molar-refractivity contribution < 1.29 is 23.9 Å². The van der Waals surface area contributed by atoms with E-state index in [1.54, 1.807) is 21.3 Å². The molecule has 1 saturated heterocycles. The first kappa shape index (κ1) is 21.3. The molecule has 0 spiro atoms. The zero-order chi connectivity index (χ0) is 21.8. The van der Waals surface area contributed by atoms with Crippen molar-refractivity contribution in [1.29, 1.82) is 0 Å². The van der Waals surface area contributed by atoms with Gasteiger partial charge in [0, 0.05) is 38.2 Å². The molecule has 0 aliphatic carbocycles. The van der Waals surface area contributed by atoms with Crippen LogP contribution in [0.4, 0.5) is 5.69 Å². The van der Waals surface area contributed by atoms with Gasteiger partial charge in [-0.15, -0.1) is 0 Å². The minimum atomic E-state index is 0.235. The Balaban J connectivity index is 1.34. The molecule has 1 atom stereocenters. The largest absolute Gasteiger partial charge is 0.495 e. The summed E-state index contributed by atoms with van der Waals surface area (Å²) in [6, 6.07) is 12.2. The lowest BCUT2D eigenvalue weighted by Gasteiger charge is -2.37. The molecule has 1 amide bonds. The number of amides is 1. The zero-order valence-electron chi connectivity index (χ0n) is 18.6. The molecule has 2 aliphatic heterocycles. The van der Waals surface area contributed by atoms with Crippen molar-refractivity contribution in [2.75, 3.05) is 65.5 Å². The third-order valence-electron chi connectivity index (χ3n) is 6.35. The first-order valence-corrected chi connectivity index (χ1v) is 10.9. The number of benzene rings is 2. The van der Waals surface area contributed by atoms with Gasteiger partial charge in [0.1, 0.15) is 12.3 Å². The topological polar surface area (TPSA) is 55.7 Å². The van der Waals surface area contributed by atoms with Gasteiger partial charge >= 0.3 is 0 Å². The van der Waals surface area contributed by atoms with Crippen LogP contribution in [0.5, 0.6) is 17.2 Å². The Morgan fingerprint density at radius 1 is 0.903 bits per heavy atom. The fourth-order valence-corrected chi connectivity index (χ4v) is 4.59. The van der Waals surface area contributed by atoms with Crippen LogP contribution >= 0.6 is 0 Å². The fraction of sp³-hybridized carbons (Fsp3) is 0.458. The zero-order valence-corrected chi connectivity index (χ0v) is 18.6. The van der Waals surface area contributed by atoms with Crippen LogP contribution in [0.3, 0.4) is 0 Å². The Morgan fingerprint density at radius 2 is 1.55 bits per heavy atom. The normalized spacial score (nSPS) is 18.4. The molecule has 31 heavy (non-hydrogen) atoms. The van der Waals surface area contributed by atoms with E-state index in [1.807, 2.05) is 23.1 Å². The number of carbonyl (C=O) groups excluding carboxylic acids is 1. The highest BCUT2D eigenvalue weighted by atomic mass is 16.5. The van der Waals surface area contributed by atoms with Gasteiger partial charge < -0.3 is 28.9 Å². The standard InChI is InChI=1S/C24H31N3O4/c1-29-21-7-5-4-6-20(21)26-10-12-27(13-11-26)24(28)17-25-9-8-18-14-22(30-2)23(31-3)15-19(18)16-25/h4-7,14-15H,8-13,16-17H2,1-3H3/p+1. The third-order valence-corrected chi connectivity index (χ3v) is 6.35. The molecule has 0 aromatic heterocycles. The van der Waals surface area contributed by atoms with Crippen LogP contribution < -0.4 is 24.0 Å². The maximum atomic E-state index is 13.0. The number of hydrogen-bond donors (Lipinski definition) is 1. The summed E-state index contributed by atoms with van der Waals surface area (Å²) in [7, 11) is 5.02. The number of para-hydroxylation sites is 2. The Morgan fingerprint density at radius 3 is 2.23 bits per heavy atom. The number of carbonyl (C=O) groups is 1. The lowest BCUT2D eigenvalue weighted by Crippen LogP contribution is -3.12. The van der Waals surface area contributed by atoms with E-state index in [1.165, 1.54) is 16.0 Å². The maximum absolute atomic E-state index is 13.0. The maximum Gasteiger partial charge on any atom is 0.277 e. The van der Waals surface area contributed by atoms with E-state index in [0.717, 1.165) is 68.6 Å². The van der Waals surface area contributed by atoms with Crippen molar-refractivity contribution in [2.24, 2.45) is 0 Å². The SMILES string of the molecule is COc1cc2c(cc1OC)C[NH+](CC(=O)N1CCN(c3ccccc3OC)CC1)CC2. The molecule has 1 unspecified atom stereocenters. The lowest BCUT2D eigenvalue weighted by atomic mass is 9.98. The number of hydrogen-bond acceptors (Lipinski definition) is 5. The van der Waals surface area contributed by atoms with Gasteiger partial charge in [-0.3, -0.25) is 4.79 Å². The summed E-state index contributed by atoms with van der Waals surface area (Å²) in [5, 5.41) is 0. The van der Waals surface area contributed by atoms with E-state index >= 15 is 0 Å². The van der Waals surface area contributed by atoms with Gasteiger partial charge in [0.15, 0.2) is 18.0 Å². The highest BCUT2D eigenvalue weighted by molar-refractivity contribution is 5.77. The fourth-order valence-electron chi connectivity index (χ4n) is 4.59. The molecule has 2 aliphatic rings. The number of quaternary nitrogens is 1. The van der Waals surface area contributed by atoms with Crippen molar-refractivity contribution >= 4 is 11.6 Å².